The maximum absolute atomic E-state index is 4.90. The van der Waals surface area contributed by atoms with Crippen LogP contribution in [0.1, 0.15) is 36.8 Å². The van der Waals surface area contributed by atoms with Crippen LogP contribution in [0.4, 0.5) is 5.13 Å². The molecule has 1 fully saturated rings. The van der Waals surface area contributed by atoms with Gasteiger partial charge in [-0.15, -0.1) is 11.3 Å². The highest BCUT2D eigenvalue weighted by Crippen LogP contribution is 2.31. The molecule has 0 amide bonds. The van der Waals surface area contributed by atoms with Crippen LogP contribution < -0.4 is 10.2 Å². The SMILES string of the molecule is CNCc1sc(N2CCCN(C)CC2)nc1C(C)C. The fraction of sp³-hybridized carbons (Fsp3) is 0.786. The summed E-state index contributed by atoms with van der Waals surface area (Å²) in [5.74, 6) is 0.503. The quantitative estimate of drug-likeness (QED) is 0.917. The Morgan fingerprint density at radius 1 is 1.26 bits per heavy atom. The van der Waals surface area contributed by atoms with Gasteiger partial charge in [-0.05, 0) is 33.0 Å². The normalized spacial score (nSPS) is 18.1. The number of hydrogen-bond acceptors (Lipinski definition) is 5. The molecule has 1 aliphatic rings. The van der Waals surface area contributed by atoms with E-state index in [0.717, 1.165) is 26.2 Å². The first kappa shape index (κ1) is 14.8. The number of thiazole rings is 1. The molecule has 1 saturated heterocycles. The summed E-state index contributed by atoms with van der Waals surface area (Å²) in [6.07, 6.45) is 1.23. The highest BCUT2D eigenvalue weighted by atomic mass is 32.1. The maximum atomic E-state index is 4.90. The van der Waals surface area contributed by atoms with Crippen LogP contribution in [0.15, 0.2) is 0 Å². The Bertz CT molecular complexity index is 402. The molecule has 0 radical (unpaired) electrons. The lowest BCUT2D eigenvalue weighted by molar-refractivity contribution is 0.360. The number of likely N-dealkylation sites (N-methyl/N-ethyl adjacent to an activating group) is 1. The van der Waals surface area contributed by atoms with Gasteiger partial charge in [-0.3, -0.25) is 0 Å². The third-order valence-electron chi connectivity index (χ3n) is 3.59. The molecule has 0 bridgehead atoms. The molecule has 4 nitrogen and oxygen atoms in total. The number of nitrogens with zero attached hydrogens (tertiary/aromatic N) is 3. The van der Waals surface area contributed by atoms with Crippen molar-refractivity contribution in [1.29, 1.82) is 0 Å². The summed E-state index contributed by atoms with van der Waals surface area (Å²) in [6.45, 7) is 9.95. The first-order valence-electron chi connectivity index (χ1n) is 7.19. The zero-order chi connectivity index (χ0) is 13.8. The first-order chi connectivity index (χ1) is 9.11. The molecule has 1 N–H and O–H groups in total. The largest absolute Gasteiger partial charge is 0.347 e. The van der Waals surface area contributed by atoms with Crippen molar-refractivity contribution in [3.05, 3.63) is 10.6 Å². The van der Waals surface area contributed by atoms with Gasteiger partial charge in [0.1, 0.15) is 0 Å². The van der Waals surface area contributed by atoms with E-state index in [9.17, 15) is 0 Å². The zero-order valence-electron chi connectivity index (χ0n) is 12.6. The minimum Gasteiger partial charge on any atom is -0.347 e. The van der Waals surface area contributed by atoms with Crippen LogP contribution in [0.5, 0.6) is 0 Å². The van der Waals surface area contributed by atoms with Gasteiger partial charge >= 0.3 is 0 Å². The fourth-order valence-electron chi connectivity index (χ4n) is 2.46. The van der Waals surface area contributed by atoms with Crippen molar-refractivity contribution in [3.63, 3.8) is 0 Å². The van der Waals surface area contributed by atoms with Crippen molar-refractivity contribution >= 4 is 16.5 Å². The topological polar surface area (TPSA) is 31.4 Å². The minimum absolute atomic E-state index is 0.503. The van der Waals surface area contributed by atoms with Crippen LogP contribution in [-0.4, -0.2) is 50.2 Å². The molecule has 19 heavy (non-hydrogen) atoms. The summed E-state index contributed by atoms with van der Waals surface area (Å²) in [5, 5.41) is 4.47. The Morgan fingerprint density at radius 2 is 2.05 bits per heavy atom. The van der Waals surface area contributed by atoms with Crippen LogP contribution in [0.2, 0.25) is 0 Å². The van der Waals surface area contributed by atoms with Crippen LogP contribution in [0.25, 0.3) is 0 Å². The lowest BCUT2D eigenvalue weighted by Gasteiger charge is -2.19. The number of anilines is 1. The second kappa shape index (κ2) is 6.68. The van der Waals surface area contributed by atoms with Crippen molar-refractivity contribution in [2.75, 3.05) is 45.2 Å². The van der Waals surface area contributed by atoms with Gasteiger partial charge in [0.25, 0.3) is 0 Å². The number of rotatable bonds is 4. The zero-order valence-corrected chi connectivity index (χ0v) is 13.4. The van der Waals surface area contributed by atoms with E-state index in [2.05, 4.69) is 36.0 Å². The van der Waals surface area contributed by atoms with Gasteiger partial charge in [-0.2, -0.15) is 0 Å². The van der Waals surface area contributed by atoms with Crippen LogP contribution >= 0.6 is 11.3 Å². The van der Waals surface area contributed by atoms with E-state index < -0.39 is 0 Å². The van der Waals surface area contributed by atoms with Gasteiger partial charge in [0.05, 0.1) is 5.69 Å². The molecular formula is C14H26N4S. The van der Waals surface area contributed by atoms with Gasteiger partial charge in [0, 0.05) is 31.1 Å². The molecule has 0 spiro atoms. The molecule has 0 saturated carbocycles. The average molecular weight is 282 g/mol. The molecule has 0 atom stereocenters. The van der Waals surface area contributed by atoms with Gasteiger partial charge in [-0.25, -0.2) is 4.98 Å². The number of nitrogens with one attached hydrogen (secondary N) is 1. The Kier molecular flexibility index (Phi) is 5.19. The lowest BCUT2D eigenvalue weighted by Crippen LogP contribution is -2.28. The highest BCUT2D eigenvalue weighted by molar-refractivity contribution is 7.15. The second-order valence-electron chi connectivity index (χ2n) is 5.63. The molecule has 5 heteroatoms. The predicted molar refractivity (Wildman–Crippen MR) is 83.3 cm³/mol. The highest BCUT2D eigenvalue weighted by Gasteiger charge is 2.19. The molecule has 1 aromatic rings. The summed E-state index contributed by atoms with van der Waals surface area (Å²) in [4.78, 5) is 11.2. The Balaban J connectivity index is 2.17. The molecular weight excluding hydrogens is 256 g/mol. The Labute approximate surface area is 120 Å². The molecule has 2 rings (SSSR count). The van der Waals surface area contributed by atoms with Crippen LogP contribution in [0.3, 0.4) is 0 Å². The van der Waals surface area contributed by atoms with Crippen molar-refractivity contribution in [1.82, 2.24) is 15.2 Å². The van der Waals surface area contributed by atoms with Crippen molar-refractivity contribution in [3.8, 4) is 0 Å². The lowest BCUT2D eigenvalue weighted by atomic mass is 10.1. The Morgan fingerprint density at radius 3 is 2.74 bits per heavy atom. The van der Waals surface area contributed by atoms with E-state index in [1.54, 1.807) is 0 Å². The van der Waals surface area contributed by atoms with E-state index in [0.29, 0.717) is 5.92 Å². The summed E-state index contributed by atoms with van der Waals surface area (Å²) < 4.78 is 0. The van der Waals surface area contributed by atoms with Gasteiger partial charge < -0.3 is 15.1 Å². The minimum atomic E-state index is 0.503. The summed E-state index contributed by atoms with van der Waals surface area (Å²) in [7, 11) is 4.21. The predicted octanol–water partition coefficient (Wildman–Crippen LogP) is 2.13. The molecule has 108 valence electrons. The number of hydrogen-bond donors (Lipinski definition) is 1. The van der Waals surface area contributed by atoms with E-state index >= 15 is 0 Å². The third kappa shape index (κ3) is 3.68. The van der Waals surface area contributed by atoms with E-state index in [-0.39, 0.29) is 0 Å². The Hall–Kier alpha value is -0.650. The van der Waals surface area contributed by atoms with Crippen LogP contribution in [-0.2, 0) is 6.54 Å². The smallest absolute Gasteiger partial charge is 0.185 e. The molecule has 0 unspecified atom stereocenters. The standard InChI is InChI=1S/C14H26N4S/c1-11(2)13-12(10-15-3)19-14(16-13)18-7-5-6-17(4)8-9-18/h11,15H,5-10H2,1-4H3. The fourth-order valence-corrected chi connectivity index (χ4v) is 3.74. The summed E-state index contributed by atoms with van der Waals surface area (Å²) >= 11 is 1.86. The molecule has 1 aliphatic heterocycles. The van der Waals surface area contributed by atoms with Gasteiger partial charge in [0.2, 0.25) is 0 Å². The molecule has 0 aromatic carbocycles. The van der Waals surface area contributed by atoms with E-state index in [4.69, 9.17) is 4.98 Å². The third-order valence-corrected chi connectivity index (χ3v) is 4.72. The number of aromatic nitrogens is 1. The van der Waals surface area contributed by atoms with Gasteiger partial charge in [-0.1, -0.05) is 13.8 Å². The van der Waals surface area contributed by atoms with Gasteiger partial charge in [0.15, 0.2) is 5.13 Å². The summed E-state index contributed by atoms with van der Waals surface area (Å²) in [6, 6.07) is 0. The van der Waals surface area contributed by atoms with E-state index in [1.165, 1.54) is 28.7 Å². The molecule has 2 heterocycles. The van der Waals surface area contributed by atoms with Crippen molar-refractivity contribution in [2.24, 2.45) is 0 Å². The monoisotopic (exact) mass is 282 g/mol. The molecule has 1 aromatic heterocycles. The molecule has 0 aliphatic carbocycles. The maximum Gasteiger partial charge on any atom is 0.185 e. The van der Waals surface area contributed by atoms with E-state index in [1.807, 2.05) is 18.4 Å². The first-order valence-corrected chi connectivity index (χ1v) is 8.01. The summed E-state index contributed by atoms with van der Waals surface area (Å²) in [5.41, 5.74) is 1.27. The second-order valence-corrected chi connectivity index (χ2v) is 6.70. The van der Waals surface area contributed by atoms with Crippen molar-refractivity contribution < 1.29 is 0 Å². The van der Waals surface area contributed by atoms with Crippen LogP contribution in [0, 0.1) is 0 Å². The van der Waals surface area contributed by atoms with Crippen molar-refractivity contribution in [2.45, 2.75) is 32.7 Å². The average Bonchev–Trinajstić information content (AvgIpc) is 2.66.